The Labute approximate surface area is 101 Å². The molecular formula is C10H21NO6. The minimum absolute atomic E-state index is 0.249. The number of hydrogen-bond donors (Lipinski definition) is 2. The average Bonchev–Trinajstić information content (AvgIpc) is 2.29. The summed E-state index contributed by atoms with van der Waals surface area (Å²) in [7, 11) is 5.70. The fraction of sp³-hybridized carbons (Fsp3) is 0.900. The van der Waals surface area contributed by atoms with Crippen molar-refractivity contribution in [3.8, 4) is 0 Å². The Morgan fingerprint density at radius 2 is 1.76 bits per heavy atom. The summed E-state index contributed by atoms with van der Waals surface area (Å²) in [6.07, 6.45) is -2.26. The van der Waals surface area contributed by atoms with E-state index < -0.39 is 30.3 Å². The molecule has 0 unspecified atom stereocenters. The molecule has 17 heavy (non-hydrogen) atoms. The van der Waals surface area contributed by atoms with Crippen LogP contribution in [0.5, 0.6) is 0 Å². The van der Waals surface area contributed by atoms with Crippen LogP contribution in [-0.2, 0) is 23.7 Å². The molecule has 0 heterocycles. The number of carboxylic acid groups (broad SMARTS) is 1. The van der Waals surface area contributed by atoms with Crippen LogP contribution in [0.2, 0.25) is 0 Å². The molecule has 4 atom stereocenters. The maximum atomic E-state index is 10.9. The Kier molecular flexibility index (Phi) is 8.01. The van der Waals surface area contributed by atoms with Gasteiger partial charge in [0, 0.05) is 28.4 Å². The highest BCUT2D eigenvalue weighted by molar-refractivity contribution is 5.73. The van der Waals surface area contributed by atoms with Crippen molar-refractivity contribution in [2.45, 2.75) is 24.4 Å². The van der Waals surface area contributed by atoms with E-state index in [1.165, 1.54) is 28.4 Å². The SMILES string of the molecule is COC[C@@H](OC)[C@@H](OC)[C@@H](N)[C@H](OC)C(=O)O. The summed E-state index contributed by atoms with van der Waals surface area (Å²) in [5, 5.41) is 8.94. The van der Waals surface area contributed by atoms with Crippen molar-refractivity contribution >= 4 is 5.97 Å². The quantitative estimate of drug-likeness (QED) is 0.547. The summed E-state index contributed by atoms with van der Waals surface area (Å²) >= 11 is 0. The third-order valence-electron chi connectivity index (χ3n) is 2.50. The van der Waals surface area contributed by atoms with Gasteiger partial charge in [-0.1, -0.05) is 0 Å². The summed E-state index contributed by atoms with van der Waals surface area (Å²) in [5.41, 5.74) is 5.82. The number of hydrogen-bond acceptors (Lipinski definition) is 6. The second-order valence-corrected chi connectivity index (χ2v) is 3.50. The molecule has 0 saturated carbocycles. The van der Waals surface area contributed by atoms with Crippen molar-refractivity contribution in [1.82, 2.24) is 0 Å². The van der Waals surface area contributed by atoms with Gasteiger partial charge in [-0.3, -0.25) is 0 Å². The Hall–Kier alpha value is -0.730. The largest absolute Gasteiger partial charge is 0.479 e. The van der Waals surface area contributed by atoms with Gasteiger partial charge in [0.15, 0.2) is 6.10 Å². The van der Waals surface area contributed by atoms with Crippen molar-refractivity contribution in [3.63, 3.8) is 0 Å². The molecule has 0 spiro atoms. The van der Waals surface area contributed by atoms with Crippen molar-refractivity contribution in [2.75, 3.05) is 35.0 Å². The number of carbonyl (C=O) groups is 1. The maximum absolute atomic E-state index is 10.9. The van der Waals surface area contributed by atoms with Gasteiger partial charge >= 0.3 is 5.97 Å². The van der Waals surface area contributed by atoms with Gasteiger partial charge < -0.3 is 29.8 Å². The van der Waals surface area contributed by atoms with Gasteiger partial charge in [0.25, 0.3) is 0 Å². The highest BCUT2D eigenvalue weighted by Gasteiger charge is 2.36. The van der Waals surface area contributed by atoms with E-state index in [0.717, 1.165) is 0 Å². The Morgan fingerprint density at radius 3 is 2.06 bits per heavy atom. The number of aliphatic carboxylic acids is 1. The first kappa shape index (κ1) is 16.3. The summed E-state index contributed by atoms with van der Waals surface area (Å²) in [6, 6.07) is -0.859. The first-order chi connectivity index (χ1) is 8.03. The van der Waals surface area contributed by atoms with Gasteiger partial charge in [0.1, 0.15) is 12.2 Å². The van der Waals surface area contributed by atoms with Crippen LogP contribution in [0.25, 0.3) is 0 Å². The third-order valence-corrected chi connectivity index (χ3v) is 2.50. The third kappa shape index (κ3) is 4.57. The average molecular weight is 251 g/mol. The van der Waals surface area contributed by atoms with Crippen LogP contribution < -0.4 is 5.73 Å². The molecule has 0 aliphatic rings. The smallest absolute Gasteiger partial charge is 0.334 e. The number of ether oxygens (including phenoxy) is 4. The molecular weight excluding hydrogens is 230 g/mol. The van der Waals surface area contributed by atoms with E-state index in [1.807, 2.05) is 0 Å². The number of methoxy groups -OCH3 is 4. The van der Waals surface area contributed by atoms with Gasteiger partial charge in [0.2, 0.25) is 0 Å². The number of nitrogens with two attached hydrogens (primary N) is 1. The molecule has 0 rings (SSSR count). The lowest BCUT2D eigenvalue weighted by Crippen LogP contribution is -2.55. The Morgan fingerprint density at radius 1 is 1.18 bits per heavy atom. The van der Waals surface area contributed by atoms with Gasteiger partial charge in [-0.2, -0.15) is 0 Å². The molecule has 7 nitrogen and oxygen atoms in total. The zero-order valence-corrected chi connectivity index (χ0v) is 10.6. The topological polar surface area (TPSA) is 100 Å². The molecule has 0 fully saturated rings. The highest BCUT2D eigenvalue weighted by Crippen LogP contribution is 2.12. The zero-order valence-electron chi connectivity index (χ0n) is 10.6. The monoisotopic (exact) mass is 251 g/mol. The minimum atomic E-state index is -1.16. The zero-order chi connectivity index (χ0) is 13.4. The van der Waals surface area contributed by atoms with E-state index in [-0.39, 0.29) is 6.61 Å². The summed E-state index contributed by atoms with van der Waals surface area (Å²) < 4.78 is 20.1. The molecule has 0 aromatic heterocycles. The molecule has 0 amide bonds. The second-order valence-electron chi connectivity index (χ2n) is 3.50. The molecule has 3 N–H and O–H groups in total. The van der Waals surface area contributed by atoms with Gasteiger partial charge in [-0.25, -0.2) is 4.79 Å². The van der Waals surface area contributed by atoms with Crippen molar-refractivity contribution in [1.29, 1.82) is 0 Å². The van der Waals surface area contributed by atoms with E-state index in [2.05, 4.69) is 0 Å². The van der Waals surface area contributed by atoms with E-state index in [9.17, 15) is 4.79 Å². The number of rotatable bonds is 9. The van der Waals surface area contributed by atoms with Crippen molar-refractivity contribution in [3.05, 3.63) is 0 Å². The predicted octanol–water partition coefficient (Wildman–Crippen LogP) is -0.910. The van der Waals surface area contributed by atoms with Crippen LogP contribution in [0, 0.1) is 0 Å². The highest BCUT2D eigenvalue weighted by atomic mass is 16.6. The van der Waals surface area contributed by atoms with Crippen LogP contribution in [0.3, 0.4) is 0 Å². The molecule has 0 aliphatic carbocycles. The van der Waals surface area contributed by atoms with E-state index >= 15 is 0 Å². The standard InChI is InChI=1S/C10H21NO6/c1-14-5-6(15-2)8(16-3)7(11)9(17-4)10(12)13/h6-9H,5,11H2,1-4H3,(H,12,13)/t6-,7-,8-,9+/m1/s1. The minimum Gasteiger partial charge on any atom is -0.479 e. The molecule has 0 bridgehead atoms. The maximum Gasteiger partial charge on any atom is 0.334 e. The molecule has 102 valence electrons. The summed E-state index contributed by atoms with van der Waals surface area (Å²) in [6.45, 7) is 0.249. The normalized spacial score (nSPS) is 18.4. The fourth-order valence-corrected chi connectivity index (χ4v) is 1.61. The lowest BCUT2D eigenvalue weighted by atomic mass is 10.0. The molecule has 0 saturated heterocycles. The molecule has 7 heteroatoms. The number of carboxylic acids is 1. The second kappa shape index (κ2) is 8.37. The molecule has 0 aromatic rings. The first-order valence-corrected chi connectivity index (χ1v) is 5.09. The fourth-order valence-electron chi connectivity index (χ4n) is 1.61. The van der Waals surface area contributed by atoms with Crippen LogP contribution >= 0.6 is 0 Å². The van der Waals surface area contributed by atoms with E-state index in [0.29, 0.717) is 0 Å². The van der Waals surface area contributed by atoms with Crippen LogP contribution in [-0.4, -0.2) is 70.5 Å². The lowest BCUT2D eigenvalue weighted by Gasteiger charge is -2.31. The van der Waals surface area contributed by atoms with Crippen LogP contribution in [0.15, 0.2) is 0 Å². The van der Waals surface area contributed by atoms with Crippen molar-refractivity contribution < 1.29 is 28.8 Å². The van der Waals surface area contributed by atoms with Crippen molar-refractivity contribution in [2.24, 2.45) is 5.73 Å². The van der Waals surface area contributed by atoms with Gasteiger partial charge in [-0.05, 0) is 0 Å². The first-order valence-electron chi connectivity index (χ1n) is 5.09. The lowest BCUT2D eigenvalue weighted by molar-refractivity contribution is -0.155. The summed E-state index contributed by atoms with van der Waals surface area (Å²) in [5.74, 6) is -1.14. The van der Waals surface area contributed by atoms with E-state index in [1.54, 1.807) is 0 Å². The van der Waals surface area contributed by atoms with Crippen LogP contribution in [0.1, 0.15) is 0 Å². The molecule has 0 aromatic carbocycles. The summed E-state index contributed by atoms with van der Waals surface area (Å²) in [4.78, 5) is 10.9. The van der Waals surface area contributed by atoms with E-state index in [4.69, 9.17) is 29.8 Å². The van der Waals surface area contributed by atoms with Crippen LogP contribution in [0.4, 0.5) is 0 Å². The molecule has 0 radical (unpaired) electrons. The Bertz CT molecular complexity index is 225. The predicted molar refractivity (Wildman–Crippen MR) is 59.9 cm³/mol. The Balaban J connectivity index is 4.76. The van der Waals surface area contributed by atoms with Gasteiger partial charge in [0.05, 0.1) is 12.6 Å². The molecule has 0 aliphatic heterocycles. The van der Waals surface area contributed by atoms with Gasteiger partial charge in [-0.15, -0.1) is 0 Å².